The summed E-state index contributed by atoms with van der Waals surface area (Å²) in [6, 6.07) is 13.8. The van der Waals surface area contributed by atoms with Crippen molar-refractivity contribution in [3.63, 3.8) is 0 Å². The van der Waals surface area contributed by atoms with E-state index < -0.39 is 6.10 Å². The van der Waals surface area contributed by atoms with E-state index in [0.717, 1.165) is 16.3 Å². The molecule has 0 unspecified atom stereocenters. The van der Waals surface area contributed by atoms with E-state index in [2.05, 4.69) is 11.5 Å². The Morgan fingerprint density at radius 2 is 1.88 bits per heavy atom. The molecule has 0 aromatic heterocycles. The third-order valence-electron chi connectivity index (χ3n) is 2.80. The summed E-state index contributed by atoms with van der Waals surface area (Å²) in [6.07, 6.45) is -0.781. The molecule has 0 aliphatic rings. The lowest BCUT2D eigenvalue weighted by atomic mass is 9.99. The number of hydrogen-bond acceptors (Lipinski definition) is 3. The Morgan fingerprint density at radius 3 is 2.53 bits per heavy atom. The molecule has 2 rings (SSSR count). The Kier molecular flexibility index (Phi) is 3.54. The molecule has 88 valence electrons. The minimum atomic E-state index is -0.781. The smallest absolute Gasteiger partial charge is 0.141 e. The first-order valence-corrected chi connectivity index (χ1v) is 5.35. The zero-order chi connectivity index (χ0) is 12.3. The van der Waals surface area contributed by atoms with Crippen LogP contribution in [0.3, 0.4) is 0 Å². The van der Waals surface area contributed by atoms with Crippen molar-refractivity contribution in [2.45, 2.75) is 6.10 Å². The minimum absolute atomic E-state index is 0.303. The van der Waals surface area contributed by atoms with Crippen LogP contribution in [0.15, 0.2) is 49.0 Å². The Labute approximate surface area is 99.5 Å². The summed E-state index contributed by atoms with van der Waals surface area (Å²) in [5, 5.41) is 19.9. The third-order valence-corrected chi connectivity index (χ3v) is 2.80. The van der Waals surface area contributed by atoms with Gasteiger partial charge in [-0.15, -0.1) is 0 Å². The number of benzene rings is 2. The Balaban J connectivity index is 2.39. The van der Waals surface area contributed by atoms with Crippen LogP contribution in [-0.4, -0.2) is 23.1 Å². The summed E-state index contributed by atoms with van der Waals surface area (Å²) >= 11 is 0. The molecule has 0 bridgehead atoms. The molecule has 0 fully saturated rings. The van der Waals surface area contributed by atoms with Crippen LogP contribution < -0.4 is 0 Å². The summed E-state index contributed by atoms with van der Waals surface area (Å²) in [6.45, 7) is 3.53. The molecule has 2 N–H and O–H groups in total. The first kappa shape index (κ1) is 11.8. The van der Waals surface area contributed by atoms with Gasteiger partial charge in [0.2, 0.25) is 0 Å². The molecule has 0 heterocycles. The SMILES string of the molecule is C=C(c1ccc2ccccc2c1)[C@H](CO)OO. The normalized spacial score (nSPS) is 12.6. The van der Waals surface area contributed by atoms with E-state index >= 15 is 0 Å². The molecule has 0 aliphatic heterocycles. The predicted molar refractivity (Wildman–Crippen MR) is 67.6 cm³/mol. The second-order valence-corrected chi connectivity index (χ2v) is 3.86. The van der Waals surface area contributed by atoms with Crippen LogP contribution in [0.1, 0.15) is 5.56 Å². The average molecular weight is 230 g/mol. The molecule has 0 saturated carbocycles. The molecule has 3 heteroatoms. The van der Waals surface area contributed by atoms with Gasteiger partial charge >= 0.3 is 0 Å². The van der Waals surface area contributed by atoms with E-state index in [1.54, 1.807) is 0 Å². The first-order chi connectivity index (χ1) is 8.26. The molecule has 2 aromatic rings. The molecule has 0 radical (unpaired) electrons. The van der Waals surface area contributed by atoms with Crippen molar-refractivity contribution in [1.29, 1.82) is 0 Å². The molecule has 3 nitrogen and oxygen atoms in total. The van der Waals surface area contributed by atoms with Crippen LogP contribution in [0, 0.1) is 0 Å². The van der Waals surface area contributed by atoms with Crippen molar-refractivity contribution in [3.8, 4) is 0 Å². The maximum absolute atomic E-state index is 9.03. The molecule has 17 heavy (non-hydrogen) atoms. The molecule has 0 spiro atoms. The number of rotatable bonds is 4. The maximum Gasteiger partial charge on any atom is 0.141 e. The van der Waals surface area contributed by atoms with Crippen LogP contribution >= 0.6 is 0 Å². The van der Waals surface area contributed by atoms with Crippen LogP contribution in [0.4, 0.5) is 0 Å². The van der Waals surface area contributed by atoms with E-state index in [1.165, 1.54) is 0 Å². The van der Waals surface area contributed by atoms with Crippen molar-refractivity contribution in [2.24, 2.45) is 0 Å². The van der Waals surface area contributed by atoms with Gasteiger partial charge in [-0.3, -0.25) is 5.26 Å². The fourth-order valence-corrected chi connectivity index (χ4v) is 1.78. The highest BCUT2D eigenvalue weighted by Gasteiger charge is 2.13. The zero-order valence-electron chi connectivity index (χ0n) is 9.34. The predicted octanol–water partition coefficient (Wildman–Crippen LogP) is 2.70. The highest BCUT2D eigenvalue weighted by molar-refractivity contribution is 5.86. The molecular formula is C14H14O3. The van der Waals surface area contributed by atoms with Gasteiger partial charge in [0.15, 0.2) is 0 Å². The lowest BCUT2D eigenvalue weighted by Crippen LogP contribution is -2.17. The van der Waals surface area contributed by atoms with Gasteiger partial charge in [-0.2, -0.15) is 0 Å². The van der Waals surface area contributed by atoms with Crippen molar-refractivity contribution in [3.05, 3.63) is 54.6 Å². The number of aliphatic hydroxyl groups is 1. The van der Waals surface area contributed by atoms with E-state index in [-0.39, 0.29) is 6.61 Å². The second kappa shape index (κ2) is 5.10. The molecule has 2 aromatic carbocycles. The summed E-state index contributed by atoms with van der Waals surface area (Å²) in [5.74, 6) is 0. The number of hydrogen-bond donors (Lipinski definition) is 2. The van der Waals surface area contributed by atoms with Gasteiger partial charge in [0.25, 0.3) is 0 Å². The largest absolute Gasteiger partial charge is 0.393 e. The first-order valence-electron chi connectivity index (χ1n) is 5.35. The van der Waals surface area contributed by atoms with Gasteiger partial charge in [0, 0.05) is 0 Å². The van der Waals surface area contributed by atoms with Crippen LogP contribution in [0.5, 0.6) is 0 Å². The van der Waals surface area contributed by atoms with E-state index in [1.807, 2.05) is 42.5 Å². The van der Waals surface area contributed by atoms with Crippen molar-refractivity contribution < 1.29 is 15.3 Å². The monoisotopic (exact) mass is 230 g/mol. The van der Waals surface area contributed by atoms with Gasteiger partial charge in [0.05, 0.1) is 6.61 Å². The minimum Gasteiger partial charge on any atom is -0.393 e. The molecule has 0 saturated heterocycles. The fourth-order valence-electron chi connectivity index (χ4n) is 1.78. The number of aliphatic hydroxyl groups excluding tert-OH is 1. The quantitative estimate of drug-likeness (QED) is 0.627. The van der Waals surface area contributed by atoms with E-state index in [4.69, 9.17) is 10.4 Å². The lowest BCUT2D eigenvalue weighted by Gasteiger charge is -2.14. The van der Waals surface area contributed by atoms with E-state index in [9.17, 15) is 0 Å². The summed E-state index contributed by atoms with van der Waals surface area (Å²) < 4.78 is 0. The summed E-state index contributed by atoms with van der Waals surface area (Å²) in [5.41, 5.74) is 1.40. The molecular weight excluding hydrogens is 216 g/mol. The topological polar surface area (TPSA) is 49.7 Å². The lowest BCUT2D eigenvalue weighted by molar-refractivity contribution is -0.268. The molecule has 1 atom stereocenters. The average Bonchev–Trinajstić information content (AvgIpc) is 2.39. The van der Waals surface area contributed by atoms with Gasteiger partial charge in [-0.1, -0.05) is 43.0 Å². The standard InChI is InChI=1S/C14H14O3/c1-10(14(9-15)17-16)12-7-6-11-4-2-3-5-13(11)8-12/h2-8,14-16H,1,9H2/t14-/m0/s1. The fraction of sp³-hybridized carbons (Fsp3) is 0.143. The van der Waals surface area contributed by atoms with Crippen molar-refractivity contribution in [1.82, 2.24) is 0 Å². The summed E-state index contributed by atoms with van der Waals surface area (Å²) in [4.78, 5) is 4.18. The molecule has 0 aliphatic carbocycles. The van der Waals surface area contributed by atoms with Crippen LogP contribution in [-0.2, 0) is 4.89 Å². The number of fused-ring (bicyclic) bond motifs is 1. The van der Waals surface area contributed by atoms with Crippen LogP contribution in [0.25, 0.3) is 16.3 Å². The Morgan fingerprint density at radius 1 is 1.18 bits per heavy atom. The van der Waals surface area contributed by atoms with Gasteiger partial charge < -0.3 is 5.11 Å². The molecule has 0 amide bonds. The van der Waals surface area contributed by atoms with Crippen LogP contribution in [0.2, 0.25) is 0 Å². The highest BCUT2D eigenvalue weighted by Crippen LogP contribution is 2.23. The second-order valence-electron chi connectivity index (χ2n) is 3.86. The van der Waals surface area contributed by atoms with Crippen molar-refractivity contribution in [2.75, 3.05) is 6.61 Å². The Bertz CT molecular complexity index is 530. The Hall–Kier alpha value is -1.68. The van der Waals surface area contributed by atoms with Gasteiger partial charge in [0.1, 0.15) is 6.10 Å². The van der Waals surface area contributed by atoms with Gasteiger partial charge in [-0.25, -0.2) is 4.89 Å². The highest BCUT2D eigenvalue weighted by atomic mass is 17.1. The third kappa shape index (κ3) is 2.36. The van der Waals surface area contributed by atoms with Gasteiger partial charge in [-0.05, 0) is 28.0 Å². The maximum atomic E-state index is 9.03. The zero-order valence-corrected chi connectivity index (χ0v) is 9.34. The summed E-state index contributed by atoms with van der Waals surface area (Å²) in [7, 11) is 0. The van der Waals surface area contributed by atoms with E-state index in [0.29, 0.717) is 5.57 Å². The van der Waals surface area contributed by atoms with Crippen molar-refractivity contribution >= 4 is 16.3 Å².